The molecule has 0 saturated heterocycles. The van der Waals surface area contributed by atoms with Crippen LogP contribution in [0.15, 0.2) is 60.7 Å². The third kappa shape index (κ3) is 5.56. The van der Waals surface area contributed by atoms with Crippen LogP contribution in [-0.2, 0) is 6.42 Å². The Morgan fingerprint density at radius 3 is 2.10 bits per heavy atom. The van der Waals surface area contributed by atoms with E-state index < -0.39 is 0 Å². The summed E-state index contributed by atoms with van der Waals surface area (Å²) in [6, 6.07) is 18.2. The van der Waals surface area contributed by atoms with Crippen LogP contribution in [0.4, 0.5) is 0 Å². The average molecular weight is 403 g/mol. The van der Waals surface area contributed by atoms with Crippen molar-refractivity contribution in [2.45, 2.75) is 77.0 Å². The van der Waals surface area contributed by atoms with E-state index >= 15 is 0 Å². The van der Waals surface area contributed by atoms with Gasteiger partial charge in [-0.1, -0.05) is 81.7 Å². The van der Waals surface area contributed by atoms with Crippen molar-refractivity contribution in [3.8, 4) is 5.75 Å². The van der Waals surface area contributed by atoms with E-state index in [0.717, 1.165) is 30.6 Å². The number of ether oxygens (including phenoxy) is 1. The molecule has 0 aliphatic heterocycles. The van der Waals surface area contributed by atoms with Crippen LogP contribution in [-0.4, -0.2) is 6.61 Å². The summed E-state index contributed by atoms with van der Waals surface area (Å²) < 4.78 is 6.06. The van der Waals surface area contributed by atoms with Gasteiger partial charge in [0.15, 0.2) is 0 Å². The van der Waals surface area contributed by atoms with Gasteiger partial charge in [-0.15, -0.1) is 0 Å². The van der Waals surface area contributed by atoms with Crippen LogP contribution in [0.5, 0.6) is 5.75 Å². The smallest absolute Gasteiger partial charge is 0.119 e. The Labute approximate surface area is 183 Å². The molecule has 2 aromatic carbocycles. The first-order chi connectivity index (χ1) is 14.7. The van der Waals surface area contributed by atoms with Crippen LogP contribution < -0.4 is 4.74 Å². The molecule has 2 aromatic rings. The van der Waals surface area contributed by atoms with Gasteiger partial charge >= 0.3 is 0 Å². The molecule has 0 radical (unpaired) electrons. The molecule has 1 fully saturated rings. The summed E-state index contributed by atoms with van der Waals surface area (Å²) in [5, 5.41) is 0. The average Bonchev–Trinajstić information content (AvgIpc) is 2.80. The first-order valence-electron chi connectivity index (χ1n) is 12.2. The van der Waals surface area contributed by atoms with Gasteiger partial charge in [-0.3, -0.25) is 0 Å². The minimum absolute atomic E-state index is 0.528. The van der Waals surface area contributed by atoms with E-state index in [1.54, 1.807) is 5.56 Å². The molecule has 2 unspecified atom stereocenters. The molecule has 160 valence electrons. The first kappa shape index (κ1) is 21.2. The summed E-state index contributed by atoms with van der Waals surface area (Å²) in [7, 11) is 0. The summed E-state index contributed by atoms with van der Waals surface area (Å²) >= 11 is 0. The Bertz CT molecular complexity index is 793. The highest BCUT2D eigenvalue weighted by Gasteiger charge is 2.21. The molecule has 2 aliphatic carbocycles. The van der Waals surface area contributed by atoms with Gasteiger partial charge in [0.1, 0.15) is 5.75 Å². The van der Waals surface area contributed by atoms with E-state index in [-0.39, 0.29) is 0 Å². The van der Waals surface area contributed by atoms with Crippen LogP contribution in [0.25, 0.3) is 0 Å². The quantitative estimate of drug-likeness (QED) is 0.425. The molecule has 0 aromatic heterocycles. The lowest BCUT2D eigenvalue weighted by Crippen LogP contribution is -2.15. The van der Waals surface area contributed by atoms with E-state index in [2.05, 4.69) is 74.5 Å². The molecule has 1 nitrogen and oxygen atoms in total. The van der Waals surface area contributed by atoms with Gasteiger partial charge in [0.25, 0.3) is 0 Å². The van der Waals surface area contributed by atoms with Crippen molar-refractivity contribution in [2.24, 2.45) is 11.8 Å². The van der Waals surface area contributed by atoms with E-state index in [0.29, 0.717) is 11.8 Å². The number of hydrogen-bond acceptors (Lipinski definition) is 1. The Hall–Kier alpha value is -2.02. The standard InChI is InChI=1S/C29H38O/c1-3-4-23-9-19-29(20-10-23)30-21-24-7-13-26(14-8-24)28-17-15-27(16-18-28)25-11-5-22(2)6-12-25/h7,9-10,13,15-20,22,24-26H,3-6,8,11-12,14,21H2,1-2H3. The lowest BCUT2D eigenvalue weighted by Gasteiger charge is -2.27. The van der Waals surface area contributed by atoms with Gasteiger partial charge in [-0.05, 0) is 72.8 Å². The predicted octanol–water partition coefficient (Wildman–Crippen LogP) is 8.06. The van der Waals surface area contributed by atoms with Crippen molar-refractivity contribution in [3.05, 3.63) is 77.4 Å². The van der Waals surface area contributed by atoms with Crippen LogP contribution >= 0.6 is 0 Å². The van der Waals surface area contributed by atoms with Crippen LogP contribution in [0.3, 0.4) is 0 Å². The van der Waals surface area contributed by atoms with Crippen molar-refractivity contribution in [2.75, 3.05) is 6.61 Å². The van der Waals surface area contributed by atoms with E-state index in [1.807, 2.05) is 0 Å². The highest BCUT2D eigenvalue weighted by atomic mass is 16.5. The van der Waals surface area contributed by atoms with Gasteiger partial charge < -0.3 is 4.74 Å². The van der Waals surface area contributed by atoms with Crippen molar-refractivity contribution in [1.29, 1.82) is 0 Å². The first-order valence-corrected chi connectivity index (χ1v) is 12.2. The number of aryl methyl sites for hydroxylation is 1. The van der Waals surface area contributed by atoms with Gasteiger partial charge in [0.05, 0.1) is 6.61 Å². The maximum absolute atomic E-state index is 6.06. The summed E-state index contributed by atoms with van der Waals surface area (Å²) in [6.45, 7) is 5.41. The lowest BCUT2D eigenvalue weighted by molar-refractivity contribution is 0.260. The third-order valence-electron chi connectivity index (χ3n) is 7.24. The van der Waals surface area contributed by atoms with Crippen molar-refractivity contribution < 1.29 is 4.74 Å². The zero-order valence-electron chi connectivity index (χ0n) is 18.9. The molecule has 0 bridgehead atoms. The zero-order valence-corrected chi connectivity index (χ0v) is 18.9. The Morgan fingerprint density at radius 1 is 0.767 bits per heavy atom. The number of rotatable bonds is 7. The molecular formula is C29H38O. The predicted molar refractivity (Wildman–Crippen MR) is 127 cm³/mol. The Morgan fingerprint density at radius 2 is 1.47 bits per heavy atom. The SMILES string of the molecule is CCCc1ccc(OCC2C=CC(c3ccc(C4CCC(C)CC4)cc3)CC2)cc1. The summed E-state index contributed by atoms with van der Waals surface area (Å²) in [4.78, 5) is 0. The molecule has 4 rings (SSSR count). The number of allylic oxidation sites excluding steroid dienone is 1. The number of benzene rings is 2. The second kappa shape index (κ2) is 10.3. The summed E-state index contributed by atoms with van der Waals surface area (Å²) in [6.07, 6.45) is 15.1. The molecule has 0 amide bonds. The number of hydrogen-bond donors (Lipinski definition) is 0. The van der Waals surface area contributed by atoms with Gasteiger partial charge in [-0.2, -0.15) is 0 Å². The van der Waals surface area contributed by atoms with E-state index in [9.17, 15) is 0 Å². The molecule has 2 aliphatic rings. The molecule has 0 heterocycles. The molecule has 1 saturated carbocycles. The molecule has 0 N–H and O–H groups in total. The molecule has 2 atom stereocenters. The van der Waals surface area contributed by atoms with E-state index in [1.165, 1.54) is 56.1 Å². The fourth-order valence-corrected chi connectivity index (χ4v) is 5.15. The van der Waals surface area contributed by atoms with Crippen LogP contribution in [0, 0.1) is 11.8 Å². The fraction of sp³-hybridized carbons (Fsp3) is 0.517. The summed E-state index contributed by atoms with van der Waals surface area (Å²) in [5.74, 6) is 3.80. The molecule has 30 heavy (non-hydrogen) atoms. The Kier molecular flexibility index (Phi) is 7.31. The lowest BCUT2D eigenvalue weighted by atomic mass is 9.78. The maximum atomic E-state index is 6.06. The fourth-order valence-electron chi connectivity index (χ4n) is 5.15. The van der Waals surface area contributed by atoms with Crippen molar-refractivity contribution in [1.82, 2.24) is 0 Å². The zero-order chi connectivity index (χ0) is 20.8. The molecule has 0 spiro atoms. The largest absolute Gasteiger partial charge is 0.493 e. The molecular weight excluding hydrogens is 364 g/mol. The monoisotopic (exact) mass is 402 g/mol. The highest BCUT2D eigenvalue weighted by Crippen LogP contribution is 2.37. The van der Waals surface area contributed by atoms with Gasteiger partial charge in [0.2, 0.25) is 0 Å². The second-order valence-corrected chi connectivity index (χ2v) is 9.66. The van der Waals surface area contributed by atoms with Crippen molar-refractivity contribution in [3.63, 3.8) is 0 Å². The second-order valence-electron chi connectivity index (χ2n) is 9.66. The topological polar surface area (TPSA) is 9.23 Å². The molecule has 1 heteroatoms. The third-order valence-corrected chi connectivity index (χ3v) is 7.24. The summed E-state index contributed by atoms with van der Waals surface area (Å²) in [5.41, 5.74) is 4.43. The van der Waals surface area contributed by atoms with Crippen LogP contribution in [0.1, 0.15) is 87.3 Å². The minimum atomic E-state index is 0.528. The minimum Gasteiger partial charge on any atom is -0.493 e. The maximum Gasteiger partial charge on any atom is 0.119 e. The van der Waals surface area contributed by atoms with Gasteiger partial charge in [-0.25, -0.2) is 0 Å². The van der Waals surface area contributed by atoms with Gasteiger partial charge in [0, 0.05) is 11.8 Å². The Balaban J connectivity index is 1.27. The van der Waals surface area contributed by atoms with Crippen molar-refractivity contribution >= 4 is 0 Å². The van der Waals surface area contributed by atoms with E-state index in [4.69, 9.17) is 4.74 Å². The normalized spacial score (nSPS) is 26.5. The highest BCUT2D eigenvalue weighted by molar-refractivity contribution is 5.31. The van der Waals surface area contributed by atoms with Crippen LogP contribution in [0.2, 0.25) is 0 Å².